The molecule has 242 valence electrons. The van der Waals surface area contributed by atoms with Gasteiger partial charge in [-0.1, -0.05) is 34.1 Å². The Morgan fingerprint density at radius 2 is 1.33 bits per heavy atom. The van der Waals surface area contributed by atoms with Crippen LogP contribution in [0.3, 0.4) is 0 Å². The van der Waals surface area contributed by atoms with Crippen LogP contribution in [0.2, 0.25) is 0 Å². The van der Waals surface area contributed by atoms with E-state index in [2.05, 4.69) is 26.6 Å². The molecule has 0 unspecified atom stereocenters. The zero-order valence-corrected chi connectivity index (χ0v) is 25.9. The molecule has 0 aliphatic rings. The van der Waals surface area contributed by atoms with Crippen molar-refractivity contribution in [2.24, 2.45) is 29.0 Å². The van der Waals surface area contributed by atoms with Crippen molar-refractivity contribution in [2.75, 3.05) is 19.6 Å². The Balaban J connectivity index is 5.14. The normalized spacial score (nSPS) is 15.4. The van der Waals surface area contributed by atoms with Gasteiger partial charge in [-0.15, -0.1) is 0 Å². The summed E-state index contributed by atoms with van der Waals surface area (Å²) in [6.07, 6.45) is 4.56. The van der Waals surface area contributed by atoms with Gasteiger partial charge in [-0.25, -0.2) is 0 Å². The molecule has 0 fully saturated rings. The van der Waals surface area contributed by atoms with E-state index in [9.17, 15) is 28.8 Å². The van der Waals surface area contributed by atoms with Crippen LogP contribution < -0.4 is 43.8 Å². The first-order valence-corrected chi connectivity index (χ1v) is 14.9. The molecule has 0 radical (unpaired) electrons. The zero-order chi connectivity index (χ0) is 32.2. The van der Waals surface area contributed by atoms with Gasteiger partial charge in [0, 0.05) is 0 Å². The predicted molar refractivity (Wildman–Crippen MR) is 161 cm³/mol. The van der Waals surface area contributed by atoms with Crippen molar-refractivity contribution in [3.05, 3.63) is 0 Å². The second-order valence-electron chi connectivity index (χ2n) is 11.0. The molecule has 0 aliphatic carbocycles. The summed E-state index contributed by atoms with van der Waals surface area (Å²) in [6.45, 7) is 9.18. The van der Waals surface area contributed by atoms with Crippen molar-refractivity contribution in [1.82, 2.24) is 26.6 Å². The van der Waals surface area contributed by atoms with Crippen LogP contribution in [0.15, 0.2) is 0 Å². The van der Waals surface area contributed by atoms with E-state index in [4.69, 9.17) is 17.2 Å². The molecule has 0 heterocycles. The minimum Gasteiger partial charge on any atom is -0.345 e. The fraction of sp³-hybridized carbons (Fsp3) is 0.786. The number of hydrogen-bond acceptors (Lipinski definition) is 9. The quantitative estimate of drug-likeness (QED) is 0.0536. The number of hydrogen-bond donors (Lipinski definition) is 8. The second kappa shape index (κ2) is 21.6. The van der Waals surface area contributed by atoms with Gasteiger partial charge in [0.1, 0.15) is 24.4 Å². The van der Waals surface area contributed by atoms with Crippen LogP contribution in [0.1, 0.15) is 79.6 Å². The van der Waals surface area contributed by atoms with Crippen molar-refractivity contribution < 1.29 is 28.8 Å². The number of unbranched alkanes of at least 4 members (excludes halogenated alkanes) is 2. The van der Waals surface area contributed by atoms with Gasteiger partial charge in [-0.05, 0) is 70.4 Å². The van der Waals surface area contributed by atoms with Crippen LogP contribution in [-0.4, -0.2) is 85.7 Å². The van der Waals surface area contributed by atoms with Gasteiger partial charge in [-0.3, -0.25) is 24.0 Å². The largest absolute Gasteiger partial charge is 0.345 e. The highest BCUT2D eigenvalue weighted by Crippen LogP contribution is 2.09. The number of aldehydes is 1. The molecule has 0 bridgehead atoms. The molecule has 6 atom stereocenters. The molecule has 0 saturated carbocycles. The Hall–Kier alpha value is -3.10. The number of amides is 5. The van der Waals surface area contributed by atoms with Crippen molar-refractivity contribution in [3.63, 3.8) is 0 Å². The Morgan fingerprint density at radius 1 is 0.738 bits per heavy atom. The summed E-state index contributed by atoms with van der Waals surface area (Å²) in [5.74, 6) is -3.10. The maximum Gasteiger partial charge on any atom is 0.243 e. The predicted octanol–water partition coefficient (Wildman–Crippen LogP) is -1.45. The monoisotopic (exact) mass is 598 g/mol. The lowest BCUT2D eigenvalue weighted by molar-refractivity contribution is -0.133. The lowest BCUT2D eigenvalue weighted by atomic mass is 9.96. The highest BCUT2D eigenvalue weighted by Gasteiger charge is 2.30. The zero-order valence-electron chi connectivity index (χ0n) is 25.9. The average molecular weight is 599 g/mol. The van der Waals surface area contributed by atoms with Gasteiger partial charge in [0.25, 0.3) is 0 Å². The van der Waals surface area contributed by atoms with E-state index in [0.717, 1.165) is 0 Å². The van der Waals surface area contributed by atoms with Crippen LogP contribution in [0.5, 0.6) is 0 Å². The molecule has 0 spiro atoms. The molecule has 14 heteroatoms. The summed E-state index contributed by atoms with van der Waals surface area (Å²) in [6, 6.07) is -4.34. The molecule has 0 rings (SSSR count). The summed E-state index contributed by atoms with van der Waals surface area (Å²) in [5.41, 5.74) is 16.9. The summed E-state index contributed by atoms with van der Waals surface area (Å²) in [5, 5.41) is 13.0. The second-order valence-corrected chi connectivity index (χ2v) is 11.0. The molecule has 11 N–H and O–H groups in total. The first-order chi connectivity index (χ1) is 19.8. The molecule has 5 amide bonds. The SMILES string of the molecule is CC[C@H](C)[C@H](NC(=O)[C@@H](N)C(C)C)C(=O)NCC(=O)N[C@@H](C)C(=O)N[C@@H](CCCCN)C(=O)N[C@H](C=O)CCCCN. The van der Waals surface area contributed by atoms with E-state index in [1.54, 1.807) is 20.8 Å². The van der Waals surface area contributed by atoms with E-state index in [1.165, 1.54) is 6.92 Å². The van der Waals surface area contributed by atoms with E-state index in [-0.39, 0.29) is 11.8 Å². The van der Waals surface area contributed by atoms with E-state index in [0.29, 0.717) is 64.3 Å². The number of nitrogens with one attached hydrogen (secondary N) is 5. The smallest absolute Gasteiger partial charge is 0.243 e. The van der Waals surface area contributed by atoms with Gasteiger partial charge >= 0.3 is 0 Å². The van der Waals surface area contributed by atoms with Crippen LogP contribution >= 0.6 is 0 Å². The highest BCUT2D eigenvalue weighted by atomic mass is 16.2. The standard InChI is InChI=1S/C28H54N8O6/c1-6-18(4)24(36-27(41)23(31)17(2)3)28(42)32-15-22(38)33-19(5)25(39)35-21(12-8-10-14-30)26(40)34-20(16-37)11-7-9-13-29/h16-21,23-24H,6-15,29-31H2,1-5H3,(H,32,42)(H,33,38)(H,34,40)(H,35,39)(H,36,41)/t18-,19-,20-,21-,23-,24-/m0/s1. The molecule has 0 aromatic heterocycles. The fourth-order valence-electron chi connectivity index (χ4n) is 3.91. The number of carbonyl (C=O) groups excluding carboxylic acids is 6. The third-order valence-electron chi connectivity index (χ3n) is 7.05. The van der Waals surface area contributed by atoms with Gasteiger partial charge in [0.15, 0.2) is 0 Å². The molecule has 0 saturated heterocycles. The Kier molecular flexibility index (Phi) is 20.0. The lowest BCUT2D eigenvalue weighted by Crippen LogP contribution is -2.57. The van der Waals surface area contributed by atoms with E-state index >= 15 is 0 Å². The van der Waals surface area contributed by atoms with Gasteiger partial charge < -0.3 is 48.6 Å². The molecule has 0 aliphatic heterocycles. The van der Waals surface area contributed by atoms with Crippen LogP contribution in [0.4, 0.5) is 0 Å². The van der Waals surface area contributed by atoms with Gasteiger partial charge in [-0.2, -0.15) is 0 Å². The molecule has 14 nitrogen and oxygen atoms in total. The number of nitrogens with two attached hydrogens (primary N) is 3. The maximum absolute atomic E-state index is 12.9. The minimum absolute atomic E-state index is 0.122. The number of rotatable bonds is 22. The fourth-order valence-corrected chi connectivity index (χ4v) is 3.91. The Bertz CT molecular complexity index is 871. The maximum atomic E-state index is 12.9. The first kappa shape index (κ1) is 38.9. The third kappa shape index (κ3) is 15.2. The van der Waals surface area contributed by atoms with Crippen molar-refractivity contribution in [3.8, 4) is 0 Å². The van der Waals surface area contributed by atoms with Crippen molar-refractivity contribution in [1.29, 1.82) is 0 Å². The number of carbonyl (C=O) groups is 6. The van der Waals surface area contributed by atoms with Gasteiger partial charge in [0.05, 0.1) is 18.6 Å². The average Bonchev–Trinajstić information content (AvgIpc) is 2.96. The van der Waals surface area contributed by atoms with Crippen LogP contribution in [0.25, 0.3) is 0 Å². The minimum atomic E-state index is -1.03. The summed E-state index contributed by atoms with van der Waals surface area (Å²) < 4.78 is 0. The Morgan fingerprint density at radius 3 is 1.86 bits per heavy atom. The summed E-state index contributed by atoms with van der Waals surface area (Å²) in [4.78, 5) is 75.0. The summed E-state index contributed by atoms with van der Waals surface area (Å²) >= 11 is 0. The Labute approximate surface area is 249 Å². The molecular formula is C28H54N8O6. The molecular weight excluding hydrogens is 544 g/mol. The topological polar surface area (TPSA) is 241 Å². The van der Waals surface area contributed by atoms with Gasteiger partial charge in [0.2, 0.25) is 29.5 Å². The van der Waals surface area contributed by atoms with E-state index < -0.39 is 66.3 Å². The summed E-state index contributed by atoms with van der Waals surface area (Å²) in [7, 11) is 0. The highest BCUT2D eigenvalue weighted by molar-refractivity contribution is 5.94. The third-order valence-corrected chi connectivity index (χ3v) is 7.05. The van der Waals surface area contributed by atoms with Crippen molar-refractivity contribution in [2.45, 2.75) is 110 Å². The van der Waals surface area contributed by atoms with Crippen LogP contribution in [0, 0.1) is 11.8 Å². The molecule has 42 heavy (non-hydrogen) atoms. The molecule has 0 aromatic carbocycles. The lowest BCUT2D eigenvalue weighted by Gasteiger charge is -2.26. The van der Waals surface area contributed by atoms with E-state index in [1.807, 2.05) is 6.92 Å². The van der Waals surface area contributed by atoms with Crippen molar-refractivity contribution >= 4 is 35.8 Å². The molecule has 0 aromatic rings. The first-order valence-electron chi connectivity index (χ1n) is 14.9. The van der Waals surface area contributed by atoms with Crippen LogP contribution in [-0.2, 0) is 28.8 Å².